The highest BCUT2D eigenvalue weighted by Gasteiger charge is 2.44. The van der Waals surface area contributed by atoms with Crippen molar-refractivity contribution in [2.24, 2.45) is 0 Å². The third kappa shape index (κ3) is 4.62. The van der Waals surface area contributed by atoms with E-state index in [0.717, 1.165) is 11.3 Å². The van der Waals surface area contributed by atoms with Crippen LogP contribution in [0.2, 0.25) is 0 Å². The lowest BCUT2D eigenvalue weighted by molar-refractivity contribution is 0.00521. The molecule has 1 saturated heterocycles. The quantitative estimate of drug-likeness (QED) is 0.874. The van der Waals surface area contributed by atoms with Crippen molar-refractivity contribution in [2.75, 3.05) is 13.2 Å². The molecule has 2 rings (SSSR count). The number of β-amino-alcohol motifs (C(OH)–C–C–N with tert-alkyl or cyclic N) is 1. The van der Waals surface area contributed by atoms with E-state index in [0.29, 0.717) is 13.2 Å². The topological polar surface area (TPSA) is 32.7 Å². The molecule has 0 aliphatic carbocycles. The van der Waals surface area contributed by atoms with Crippen LogP contribution in [0.4, 0.5) is 0 Å². The van der Waals surface area contributed by atoms with Crippen molar-refractivity contribution in [1.29, 1.82) is 0 Å². The van der Waals surface area contributed by atoms with Crippen molar-refractivity contribution in [1.82, 2.24) is 4.90 Å². The first-order valence-corrected chi connectivity index (χ1v) is 8.28. The number of hydrogen-bond acceptors (Lipinski definition) is 3. The van der Waals surface area contributed by atoms with Crippen LogP contribution >= 0.6 is 12.4 Å². The Morgan fingerprint density at radius 2 is 1.70 bits per heavy atom. The lowest BCUT2D eigenvalue weighted by Gasteiger charge is -2.41. The summed E-state index contributed by atoms with van der Waals surface area (Å²) in [6, 6.07) is 6.05. The number of ether oxygens (including phenoxy) is 1. The summed E-state index contributed by atoms with van der Waals surface area (Å²) in [5, 5.41) is 10.4. The lowest BCUT2D eigenvalue weighted by Crippen LogP contribution is -2.52. The largest absolute Gasteiger partial charge is 0.491 e. The highest BCUT2D eigenvalue weighted by Crippen LogP contribution is 2.40. The fourth-order valence-corrected chi connectivity index (χ4v) is 3.53. The maximum Gasteiger partial charge on any atom is 0.122 e. The molecule has 132 valence electrons. The molecule has 1 aromatic rings. The fraction of sp³-hybridized carbons (Fsp3) is 0.684. The number of hydrogen-bond donors (Lipinski definition) is 1. The van der Waals surface area contributed by atoms with Crippen LogP contribution in [0.3, 0.4) is 0 Å². The zero-order valence-electron chi connectivity index (χ0n) is 15.3. The van der Waals surface area contributed by atoms with Gasteiger partial charge in [0.15, 0.2) is 0 Å². The van der Waals surface area contributed by atoms with Gasteiger partial charge in [0, 0.05) is 17.6 Å². The smallest absolute Gasteiger partial charge is 0.122 e. The van der Waals surface area contributed by atoms with Crippen LogP contribution in [-0.4, -0.2) is 40.3 Å². The van der Waals surface area contributed by atoms with Gasteiger partial charge < -0.3 is 9.84 Å². The molecule has 0 spiro atoms. The first-order valence-electron chi connectivity index (χ1n) is 8.28. The molecular weight excluding hydrogens is 310 g/mol. The summed E-state index contributed by atoms with van der Waals surface area (Å²) < 4.78 is 5.85. The fourth-order valence-electron chi connectivity index (χ4n) is 3.53. The Morgan fingerprint density at radius 3 is 2.26 bits per heavy atom. The van der Waals surface area contributed by atoms with E-state index in [1.165, 1.54) is 18.4 Å². The molecule has 1 aliphatic heterocycles. The molecule has 0 radical (unpaired) electrons. The Balaban J connectivity index is 0.00000264. The summed E-state index contributed by atoms with van der Waals surface area (Å²) in [6.45, 7) is 14.2. The van der Waals surface area contributed by atoms with Crippen LogP contribution in [0.25, 0.3) is 0 Å². The number of aliphatic hydroxyl groups is 1. The van der Waals surface area contributed by atoms with Crippen molar-refractivity contribution >= 4 is 12.4 Å². The minimum atomic E-state index is -0.475. The van der Waals surface area contributed by atoms with E-state index in [9.17, 15) is 5.11 Å². The number of nitrogens with zero attached hydrogens (tertiary/aromatic N) is 1. The average Bonchev–Trinajstić information content (AvgIpc) is 2.63. The molecule has 1 fully saturated rings. The molecule has 1 aliphatic rings. The predicted octanol–water partition coefficient (Wildman–Crippen LogP) is 4.12. The minimum absolute atomic E-state index is 0. The van der Waals surface area contributed by atoms with E-state index in [1.54, 1.807) is 0 Å². The number of aliphatic hydroxyl groups excluding tert-OH is 1. The standard InChI is InChI=1S/C19H31NO2.ClH/c1-14-8-7-9-17(15(14)2)22-13-16(21)12-20-18(3,4)10-11-19(20,5)6;/h7-9,16,21H,10-13H2,1-6H3;1H. The number of aryl methyl sites for hydroxylation is 1. The maximum atomic E-state index is 10.4. The molecule has 1 unspecified atom stereocenters. The monoisotopic (exact) mass is 341 g/mol. The van der Waals surface area contributed by atoms with Gasteiger partial charge in [0.25, 0.3) is 0 Å². The number of halogens is 1. The van der Waals surface area contributed by atoms with Crippen LogP contribution in [0.15, 0.2) is 18.2 Å². The van der Waals surface area contributed by atoms with Crippen LogP contribution in [-0.2, 0) is 0 Å². The normalized spacial score (nSPS) is 20.8. The first kappa shape index (κ1) is 20.3. The number of rotatable bonds is 5. The van der Waals surface area contributed by atoms with E-state index in [-0.39, 0.29) is 23.5 Å². The zero-order valence-corrected chi connectivity index (χ0v) is 16.2. The SMILES string of the molecule is Cc1cccc(OCC(O)CN2C(C)(C)CCC2(C)C)c1C.Cl. The average molecular weight is 342 g/mol. The van der Waals surface area contributed by atoms with Gasteiger partial charge in [-0.15, -0.1) is 12.4 Å². The summed E-state index contributed by atoms with van der Waals surface area (Å²) in [6.07, 6.45) is 1.87. The molecule has 4 heteroatoms. The summed E-state index contributed by atoms with van der Waals surface area (Å²) >= 11 is 0. The summed E-state index contributed by atoms with van der Waals surface area (Å²) in [4.78, 5) is 2.43. The van der Waals surface area contributed by atoms with Gasteiger partial charge in [-0.1, -0.05) is 12.1 Å². The Kier molecular flexibility index (Phi) is 6.54. The second-order valence-corrected chi connectivity index (χ2v) is 7.90. The van der Waals surface area contributed by atoms with Crippen LogP contribution in [0.5, 0.6) is 5.75 Å². The van der Waals surface area contributed by atoms with Crippen LogP contribution in [0.1, 0.15) is 51.7 Å². The van der Waals surface area contributed by atoms with E-state index in [1.807, 2.05) is 12.1 Å². The van der Waals surface area contributed by atoms with Crippen molar-refractivity contribution < 1.29 is 9.84 Å². The molecule has 1 heterocycles. The maximum absolute atomic E-state index is 10.4. The van der Waals surface area contributed by atoms with Gasteiger partial charge in [0.05, 0.1) is 0 Å². The van der Waals surface area contributed by atoms with E-state index in [2.05, 4.69) is 52.5 Å². The van der Waals surface area contributed by atoms with E-state index in [4.69, 9.17) is 4.74 Å². The summed E-state index contributed by atoms with van der Waals surface area (Å²) in [5.74, 6) is 0.874. The van der Waals surface area contributed by atoms with Crippen molar-refractivity contribution in [3.63, 3.8) is 0 Å². The van der Waals surface area contributed by atoms with Gasteiger partial charge in [-0.05, 0) is 71.6 Å². The van der Waals surface area contributed by atoms with Gasteiger partial charge >= 0.3 is 0 Å². The first-order chi connectivity index (χ1) is 10.1. The Hall–Kier alpha value is -0.770. The molecule has 23 heavy (non-hydrogen) atoms. The zero-order chi connectivity index (χ0) is 16.5. The highest BCUT2D eigenvalue weighted by molar-refractivity contribution is 5.85. The van der Waals surface area contributed by atoms with Gasteiger partial charge in [-0.3, -0.25) is 4.90 Å². The van der Waals surface area contributed by atoms with Crippen molar-refractivity contribution in [3.8, 4) is 5.75 Å². The summed E-state index contributed by atoms with van der Waals surface area (Å²) in [7, 11) is 0. The molecule has 1 N–H and O–H groups in total. The molecule has 0 bridgehead atoms. The Bertz CT molecular complexity index is 512. The second-order valence-electron chi connectivity index (χ2n) is 7.90. The van der Waals surface area contributed by atoms with Crippen LogP contribution < -0.4 is 4.74 Å². The minimum Gasteiger partial charge on any atom is -0.491 e. The lowest BCUT2D eigenvalue weighted by atomic mass is 10.0. The molecule has 1 atom stereocenters. The highest BCUT2D eigenvalue weighted by atomic mass is 35.5. The molecule has 0 amide bonds. The van der Waals surface area contributed by atoms with E-state index >= 15 is 0 Å². The van der Waals surface area contributed by atoms with Crippen molar-refractivity contribution in [2.45, 2.75) is 71.6 Å². The molecule has 3 nitrogen and oxygen atoms in total. The number of likely N-dealkylation sites (tertiary alicyclic amines) is 1. The predicted molar refractivity (Wildman–Crippen MR) is 98.8 cm³/mol. The molecule has 0 aromatic heterocycles. The third-order valence-corrected chi connectivity index (χ3v) is 5.19. The molecule has 1 aromatic carbocycles. The second kappa shape index (κ2) is 7.42. The van der Waals surface area contributed by atoms with Crippen LogP contribution in [0, 0.1) is 13.8 Å². The molecular formula is C19H32ClNO2. The number of benzene rings is 1. The molecule has 0 saturated carbocycles. The third-order valence-electron chi connectivity index (χ3n) is 5.19. The Morgan fingerprint density at radius 1 is 1.13 bits per heavy atom. The van der Waals surface area contributed by atoms with Gasteiger partial charge in [0.2, 0.25) is 0 Å². The van der Waals surface area contributed by atoms with Gasteiger partial charge in [0.1, 0.15) is 18.5 Å². The Labute approximate surface area is 147 Å². The van der Waals surface area contributed by atoms with Gasteiger partial charge in [-0.2, -0.15) is 0 Å². The van der Waals surface area contributed by atoms with Gasteiger partial charge in [-0.25, -0.2) is 0 Å². The van der Waals surface area contributed by atoms with Crippen molar-refractivity contribution in [3.05, 3.63) is 29.3 Å². The van der Waals surface area contributed by atoms with E-state index < -0.39 is 6.10 Å². The summed E-state index contributed by atoms with van der Waals surface area (Å²) in [5.41, 5.74) is 2.65.